The summed E-state index contributed by atoms with van der Waals surface area (Å²) >= 11 is 5.96. The lowest BCUT2D eigenvalue weighted by Crippen LogP contribution is -2.43. The molecule has 1 aliphatic heterocycles. The van der Waals surface area contributed by atoms with E-state index in [1.165, 1.54) is 18.4 Å². The van der Waals surface area contributed by atoms with Gasteiger partial charge in [-0.15, -0.1) is 0 Å². The number of nitrogens with one attached hydrogen (secondary N) is 1. The van der Waals surface area contributed by atoms with Crippen LogP contribution in [0.15, 0.2) is 24.3 Å². The summed E-state index contributed by atoms with van der Waals surface area (Å²) < 4.78 is 27.4. The summed E-state index contributed by atoms with van der Waals surface area (Å²) in [6.45, 7) is 1.48. The van der Waals surface area contributed by atoms with Gasteiger partial charge in [0.2, 0.25) is 0 Å². The number of hydrogen-bond donors (Lipinski definition) is 1. The van der Waals surface area contributed by atoms with Crippen LogP contribution in [-0.2, 0) is 10.2 Å². The van der Waals surface area contributed by atoms with Crippen molar-refractivity contribution in [1.82, 2.24) is 9.03 Å². The van der Waals surface area contributed by atoms with E-state index in [1.54, 1.807) is 0 Å². The van der Waals surface area contributed by atoms with E-state index in [4.69, 9.17) is 11.6 Å². The zero-order chi connectivity index (χ0) is 14.0. The van der Waals surface area contributed by atoms with E-state index in [-0.39, 0.29) is 6.04 Å². The lowest BCUT2D eigenvalue weighted by atomic mass is 10.3. The van der Waals surface area contributed by atoms with Crippen molar-refractivity contribution in [3.63, 3.8) is 0 Å². The number of nitrogens with zero attached hydrogens (tertiary/aromatic N) is 2. The molecule has 2 rings (SSSR count). The van der Waals surface area contributed by atoms with Crippen LogP contribution in [0, 0.1) is 0 Å². The number of benzene rings is 1. The topological polar surface area (TPSA) is 52.7 Å². The molecule has 1 aromatic carbocycles. The maximum atomic E-state index is 11.8. The lowest BCUT2D eigenvalue weighted by molar-refractivity contribution is 0.492. The maximum Gasteiger partial charge on any atom is 0.279 e. The second-order valence-electron chi connectivity index (χ2n) is 4.82. The van der Waals surface area contributed by atoms with E-state index < -0.39 is 10.2 Å². The first-order valence-corrected chi connectivity index (χ1v) is 7.90. The van der Waals surface area contributed by atoms with Crippen molar-refractivity contribution in [3.8, 4) is 0 Å². The van der Waals surface area contributed by atoms with Crippen molar-refractivity contribution in [2.24, 2.45) is 0 Å². The molecule has 1 N–H and O–H groups in total. The molecular formula is C12H18ClN3O2S. The van der Waals surface area contributed by atoms with Gasteiger partial charge in [-0.2, -0.15) is 17.4 Å². The summed E-state index contributed by atoms with van der Waals surface area (Å²) in [6.07, 6.45) is 0.791. The third-order valence-electron chi connectivity index (χ3n) is 3.16. The Morgan fingerprint density at radius 1 is 1.42 bits per heavy atom. The van der Waals surface area contributed by atoms with Gasteiger partial charge in [0, 0.05) is 43.9 Å². The van der Waals surface area contributed by atoms with Crippen LogP contribution in [0.2, 0.25) is 5.02 Å². The summed E-state index contributed by atoms with van der Waals surface area (Å²) in [7, 11) is -0.325. The Balaban J connectivity index is 2.01. The highest BCUT2D eigenvalue weighted by molar-refractivity contribution is 7.87. The van der Waals surface area contributed by atoms with E-state index in [2.05, 4.69) is 9.62 Å². The zero-order valence-corrected chi connectivity index (χ0v) is 12.6. The fraction of sp³-hybridized carbons (Fsp3) is 0.500. The summed E-state index contributed by atoms with van der Waals surface area (Å²) in [6, 6.07) is 7.54. The van der Waals surface area contributed by atoms with Crippen LogP contribution in [0.4, 0.5) is 5.69 Å². The fourth-order valence-electron chi connectivity index (χ4n) is 2.08. The molecule has 1 aliphatic rings. The molecule has 0 radical (unpaired) electrons. The molecule has 1 heterocycles. The van der Waals surface area contributed by atoms with Crippen LogP contribution in [0.5, 0.6) is 0 Å². The molecule has 1 aromatic rings. The van der Waals surface area contributed by atoms with Gasteiger partial charge in [0.05, 0.1) is 0 Å². The third kappa shape index (κ3) is 3.60. The second kappa shape index (κ2) is 5.66. The summed E-state index contributed by atoms with van der Waals surface area (Å²) in [5, 5.41) is 0.690. The Bertz CT molecular complexity index is 548. The molecule has 0 aromatic heterocycles. The van der Waals surface area contributed by atoms with Crippen molar-refractivity contribution >= 4 is 27.5 Å². The first kappa shape index (κ1) is 14.6. The molecule has 1 unspecified atom stereocenters. The molecule has 0 amide bonds. The second-order valence-corrected chi connectivity index (χ2v) is 7.17. The van der Waals surface area contributed by atoms with Crippen LogP contribution in [-0.4, -0.2) is 45.9 Å². The van der Waals surface area contributed by atoms with E-state index in [0.717, 1.165) is 18.7 Å². The van der Waals surface area contributed by atoms with Crippen LogP contribution >= 0.6 is 11.6 Å². The molecule has 1 fully saturated rings. The van der Waals surface area contributed by atoms with Crippen molar-refractivity contribution in [1.29, 1.82) is 0 Å². The van der Waals surface area contributed by atoms with Gasteiger partial charge in [-0.1, -0.05) is 17.7 Å². The van der Waals surface area contributed by atoms with Crippen LogP contribution in [0.25, 0.3) is 0 Å². The smallest absolute Gasteiger partial charge is 0.279 e. The molecule has 0 bridgehead atoms. The van der Waals surface area contributed by atoms with Crippen molar-refractivity contribution in [2.45, 2.75) is 12.5 Å². The quantitative estimate of drug-likeness (QED) is 0.912. The minimum Gasteiger partial charge on any atom is -0.370 e. The Morgan fingerprint density at radius 3 is 2.79 bits per heavy atom. The molecule has 0 saturated carbocycles. The summed E-state index contributed by atoms with van der Waals surface area (Å²) in [5.74, 6) is 0. The number of hydrogen-bond acceptors (Lipinski definition) is 3. The van der Waals surface area contributed by atoms with Crippen LogP contribution in [0.1, 0.15) is 6.42 Å². The SMILES string of the molecule is CN(C)S(=O)(=O)NC1CCN(c2cccc(Cl)c2)C1. The van der Waals surface area contributed by atoms with Gasteiger partial charge in [0.25, 0.3) is 10.2 Å². The predicted octanol–water partition coefficient (Wildman–Crippen LogP) is 1.31. The zero-order valence-electron chi connectivity index (χ0n) is 11.0. The van der Waals surface area contributed by atoms with Crippen molar-refractivity contribution < 1.29 is 8.42 Å². The molecule has 1 atom stereocenters. The van der Waals surface area contributed by atoms with Gasteiger partial charge in [-0.25, -0.2) is 0 Å². The highest BCUT2D eigenvalue weighted by Gasteiger charge is 2.27. The average molecular weight is 304 g/mol. The first-order chi connectivity index (χ1) is 8.88. The fourth-order valence-corrected chi connectivity index (χ4v) is 3.09. The Kier molecular flexibility index (Phi) is 4.35. The van der Waals surface area contributed by atoms with Crippen molar-refractivity contribution in [3.05, 3.63) is 29.3 Å². The van der Waals surface area contributed by atoms with E-state index in [0.29, 0.717) is 11.6 Å². The molecule has 0 aliphatic carbocycles. The summed E-state index contributed by atoms with van der Waals surface area (Å²) in [5.41, 5.74) is 1.03. The number of halogens is 1. The Labute approximate surface area is 119 Å². The van der Waals surface area contributed by atoms with Gasteiger partial charge in [-0.3, -0.25) is 0 Å². The Morgan fingerprint density at radius 2 is 2.16 bits per heavy atom. The monoisotopic (exact) mass is 303 g/mol. The maximum absolute atomic E-state index is 11.8. The molecule has 7 heteroatoms. The first-order valence-electron chi connectivity index (χ1n) is 6.09. The minimum atomic E-state index is -3.36. The van der Waals surface area contributed by atoms with Crippen LogP contribution in [0.3, 0.4) is 0 Å². The van der Waals surface area contributed by atoms with Gasteiger partial charge in [0.1, 0.15) is 0 Å². The molecule has 106 valence electrons. The molecular weight excluding hydrogens is 286 g/mol. The van der Waals surface area contributed by atoms with Gasteiger partial charge >= 0.3 is 0 Å². The normalized spacial score (nSPS) is 20.2. The number of rotatable bonds is 4. The van der Waals surface area contributed by atoms with E-state index in [1.807, 2.05) is 24.3 Å². The summed E-state index contributed by atoms with van der Waals surface area (Å²) in [4.78, 5) is 2.13. The van der Waals surface area contributed by atoms with Crippen LogP contribution < -0.4 is 9.62 Å². The highest BCUT2D eigenvalue weighted by Crippen LogP contribution is 2.23. The molecule has 1 saturated heterocycles. The van der Waals surface area contributed by atoms with Crippen molar-refractivity contribution in [2.75, 3.05) is 32.1 Å². The number of anilines is 1. The highest BCUT2D eigenvalue weighted by atomic mass is 35.5. The largest absolute Gasteiger partial charge is 0.370 e. The Hall–Kier alpha value is -0.820. The standard InChI is InChI=1S/C12H18ClN3O2S/c1-15(2)19(17,18)14-11-6-7-16(9-11)12-5-3-4-10(13)8-12/h3-5,8,11,14H,6-7,9H2,1-2H3. The van der Waals surface area contributed by atoms with Gasteiger partial charge < -0.3 is 4.90 Å². The predicted molar refractivity (Wildman–Crippen MR) is 77.8 cm³/mol. The van der Waals surface area contributed by atoms with E-state index in [9.17, 15) is 8.42 Å². The lowest BCUT2D eigenvalue weighted by Gasteiger charge is -2.20. The van der Waals surface area contributed by atoms with E-state index >= 15 is 0 Å². The third-order valence-corrected chi connectivity index (χ3v) is 4.99. The molecule has 0 spiro atoms. The van der Waals surface area contributed by atoms with Gasteiger partial charge in [-0.05, 0) is 24.6 Å². The molecule has 19 heavy (non-hydrogen) atoms. The average Bonchev–Trinajstić information content (AvgIpc) is 2.76. The minimum absolute atomic E-state index is 0.0635. The van der Waals surface area contributed by atoms with Gasteiger partial charge in [0.15, 0.2) is 0 Å². The molecule has 5 nitrogen and oxygen atoms in total.